The molecule has 1 nitrogen and oxygen atoms in total. The molecule has 2 heteroatoms. The zero-order valence-electron chi connectivity index (χ0n) is 13.7. The maximum Gasteiger partial charge on any atom is 0.517 e. The first-order valence-electron chi connectivity index (χ1n) is 7.47. The van der Waals surface area contributed by atoms with Gasteiger partial charge in [0.1, 0.15) is 0 Å². The Hall–Kier alpha value is -1.67. The van der Waals surface area contributed by atoms with E-state index in [0.29, 0.717) is 0 Å². The number of allylic oxidation sites excluding steroid dienone is 12. The Morgan fingerprint density at radius 1 is 0.714 bits per heavy atom. The Morgan fingerprint density at radius 2 is 1.19 bits per heavy atom. The van der Waals surface area contributed by atoms with Gasteiger partial charge in [0, 0.05) is 30.3 Å². The molecule has 0 radical (unpaired) electrons. The Bertz CT molecular complexity index is 578. The standard InChI is InChI=1S/C19H25OSi/c1-19(2,3)21(4,5)20-18-14-12-17(13-15-18)16-10-8-6-7-9-11-16/h6-15H,1-5H3/q+1. The summed E-state index contributed by atoms with van der Waals surface area (Å²) < 4.78 is 6.31. The molecule has 0 N–H and O–H groups in total. The molecule has 0 atom stereocenters. The first kappa shape index (κ1) is 15.7. The van der Waals surface area contributed by atoms with Crippen molar-refractivity contribution in [3.05, 3.63) is 71.9 Å². The maximum atomic E-state index is 6.31. The summed E-state index contributed by atoms with van der Waals surface area (Å²) in [4.78, 5) is 0. The summed E-state index contributed by atoms with van der Waals surface area (Å²) in [5.74, 6) is 0.977. The van der Waals surface area contributed by atoms with Crippen molar-refractivity contribution in [2.45, 2.75) is 38.9 Å². The van der Waals surface area contributed by atoms with Crippen molar-refractivity contribution in [1.82, 2.24) is 0 Å². The second kappa shape index (κ2) is 5.98. The summed E-state index contributed by atoms with van der Waals surface area (Å²) in [5, 5.41) is 0.221. The summed E-state index contributed by atoms with van der Waals surface area (Å²) in [5.41, 5.74) is 2.44. The molecule has 110 valence electrons. The SMILES string of the molecule is CC(C)(C)[Si](C)(C)[O+]=C1C=CC(=C2C=CC=CC=C2)C=C1. The van der Waals surface area contributed by atoms with Gasteiger partial charge >= 0.3 is 14.1 Å². The van der Waals surface area contributed by atoms with Gasteiger partial charge in [-0.2, -0.15) is 0 Å². The monoisotopic (exact) mass is 297 g/mol. The van der Waals surface area contributed by atoms with Crippen LogP contribution in [0.5, 0.6) is 0 Å². The van der Waals surface area contributed by atoms with E-state index in [1.807, 2.05) is 12.2 Å². The van der Waals surface area contributed by atoms with E-state index < -0.39 is 8.32 Å². The van der Waals surface area contributed by atoms with E-state index in [1.165, 1.54) is 11.1 Å². The van der Waals surface area contributed by atoms with E-state index in [2.05, 4.69) is 82.5 Å². The third kappa shape index (κ3) is 3.91. The lowest BCUT2D eigenvalue weighted by Gasteiger charge is -2.21. The minimum absolute atomic E-state index is 0.221. The molecule has 0 spiro atoms. The topological polar surface area (TPSA) is 11.3 Å². The molecule has 21 heavy (non-hydrogen) atoms. The van der Waals surface area contributed by atoms with Gasteiger partial charge in [0.05, 0.1) is 0 Å². The summed E-state index contributed by atoms with van der Waals surface area (Å²) >= 11 is 0. The quantitative estimate of drug-likeness (QED) is 0.465. The first-order valence-corrected chi connectivity index (χ1v) is 10.4. The molecule has 0 unspecified atom stereocenters. The molecular formula is C19H25OSi+. The van der Waals surface area contributed by atoms with Gasteiger partial charge in [-0.05, 0) is 23.3 Å². The van der Waals surface area contributed by atoms with Crippen LogP contribution in [0, 0.1) is 0 Å². The molecule has 0 amide bonds. The fourth-order valence-electron chi connectivity index (χ4n) is 1.86. The van der Waals surface area contributed by atoms with Gasteiger partial charge in [-0.3, -0.25) is 0 Å². The van der Waals surface area contributed by atoms with Gasteiger partial charge in [0.25, 0.3) is 0 Å². The molecule has 0 saturated heterocycles. The number of hydrogen-bond donors (Lipinski definition) is 0. The average molecular weight is 297 g/mol. The first-order chi connectivity index (χ1) is 9.79. The van der Waals surface area contributed by atoms with Crippen LogP contribution in [0.1, 0.15) is 20.8 Å². The van der Waals surface area contributed by atoms with Crippen molar-refractivity contribution < 1.29 is 4.11 Å². The average Bonchev–Trinajstić information content (AvgIpc) is 2.67. The van der Waals surface area contributed by atoms with Gasteiger partial charge in [0.2, 0.25) is 0 Å². The molecule has 0 aromatic carbocycles. The van der Waals surface area contributed by atoms with E-state index in [-0.39, 0.29) is 5.04 Å². The Kier molecular flexibility index (Phi) is 4.48. The van der Waals surface area contributed by atoms with Gasteiger partial charge in [0.15, 0.2) is 0 Å². The lowest BCUT2D eigenvalue weighted by molar-refractivity contribution is -0.309. The van der Waals surface area contributed by atoms with Crippen LogP contribution >= 0.6 is 0 Å². The third-order valence-electron chi connectivity index (χ3n) is 4.25. The highest BCUT2D eigenvalue weighted by molar-refractivity contribution is 6.72. The van der Waals surface area contributed by atoms with E-state index in [9.17, 15) is 0 Å². The molecule has 2 aliphatic rings. The molecule has 0 heterocycles. The van der Waals surface area contributed by atoms with Crippen molar-refractivity contribution in [2.75, 3.05) is 0 Å². The van der Waals surface area contributed by atoms with Crippen LogP contribution in [-0.4, -0.2) is 14.1 Å². The van der Waals surface area contributed by atoms with Crippen molar-refractivity contribution >= 4 is 14.1 Å². The lowest BCUT2D eigenvalue weighted by atomic mass is 10.0. The van der Waals surface area contributed by atoms with E-state index in [0.717, 1.165) is 5.78 Å². The molecule has 0 aliphatic heterocycles. The highest BCUT2D eigenvalue weighted by Gasteiger charge is 2.51. The van der Waals surface area contributed by atoms with Crippen molar-refractivity contribution in [3.8, 4) is 0 Å². The highest BCUT2D eigenvalue weighted by atomic mass is 28.4. The molecule has 0 aromatic heterocycles. The summed E-state index contributed by atoms with van der Waals surface area (Å²) in [6.07, 6.45) is 20.9. The molecular weight excluding hydrogens is 272 g/mol. The van der Waals surface area contributed by atoms with Crippen molar-refractivity contribution in [1.29, 1.82) is 0 Å². The van der Waals surface area contributed by atoms with E-state index >= 15 is 0 Å². The Morgan fingerprint density at radius 3 is 1.67 bits per heavy atom. The fourth-order valence-corrected chi connectivity index (χ4v) is 2.89. The largest absolute Gasteiger partial charge is 0.517 e. The highest BCUT2D eigenvalue weighted by Crippen LogP contribution is 2.35. The number of ketones is 1. The van der Waals surface area contributed by atoms with Crippen molar-refractivity contribution in [2.24, 2.45) is 0 Å². The van der Waals surface area contributed by atoms with Crippen LogP contribution in [0.15, 0.2) is 71.9 Å². The van der Waals surface area contributed by atoms with Gasteiger partial charge in [-0.15, -0.1) is 0 Å². The zero-order valence-corrected chi connectivity index (χ0v) is 14.7. The Labute approximate surface area is 129 Å². The number of rotatable bonds is 1. The van der Waals surface area contributed by atoms with E-state index in [1.54, 1.807) is 0 Å². The van der Waals surface area contributed by atoms with Gasteiger partial charge in [-0.1, -0.05) is 57.2 Å². The van der Waals surface area contributed by atoms with Crippen molar-refractivity contribution in [3.63, 3.8) is 0 Å². The summed E-state index contributed by atoms with van der Waals surface area (Å²) in [7, 11) is -1.76. The van der Waals surface area contributed by atoms with E-state index in [4.69, 9.17) is 4.11 Å². The minimum Gasteiger partial charge on any atom is -0.371 e. The van der Waals surface area contributed by atoms with Crippen LogP contribution in [-0.2, 0) is 4.11 Å². The molecule has 0 aromatic rings. The smallest absolute Gasteiger partial charge is 0.371 e. The molecule has 2 aliphatic carbocycles. The normalized spacial score (nSPS) is 18.4. The zero-order chi connectivity index (χ0) is 15.5. The Balaban J connectivity index is 2.25. The van der Waals surface area contributed by atoms with Crippen LogP contribution in [0.25, 0.3) is 0 Å². The molecule has 2 rings (SSSR count). The lowest BCUT2D eigenvalue weighted by Crippen LogP contribution is -2.39. The van der Waals surface area contributed by atoms with Crippen LogP contribution in [0.3, 0.4) is 0 Å². The van der Waals surface area contributed by atoms with Crippen LogP contribution < -0.4 is 0 Å². The third-order valence-corrected chi connectivity index (χ3v) is 8.61. The predicted octanol–water partition coefficient (Wildman–Crippen LogP) is 5.20. The number of carbonyl (C=O) groups excluding carboxylic acids is 1. The maximum absolute atomic E-state index is 6.31. The second-order valence-corrected chi connectivity index (χ2v) is 11.7. The second-order valence-electron chi connectivity index (χ2n) is 6.95. The molecule has 0 bridgehead atoms. The summed E-state index contributed by atoms with van der Waals surface area (Å²) in [6.45, 7) is 11.3. The molecule has 0 fully saturated rings. The van der Waals surface area contributed by atoms with Gasteiger partial charge in [-0.25, -0.2) is 0 Å². The predicted molar refractivity (Wildman–Crippen MR) is 94.9 cm³/mol. The van der Waals surface area contributed by atoms with Crippen LogP contribution in [0.4, 0.5) is 0 Å². The van der Waals surface area contributed by atoms with Crippen LogP contribution in [0.2, 0.25) is 18.1 Å². The van der Waals surface area contributed by atoms with Gasteiger partial charge < -0.3 is 4.11 Å². The minimum atomic E-state index is -1.76. The fraction of sp³-hybridized carbons (Fsp3) is 0.316. The molecule has 0 saturated carbocycles. The number of hydrogen-bond acceptors (Lipinski definition) is 0. The summed E-state index contributed by atoms with van der Waals surface area (Å²) in [6, 6.07) is 0.